The Balaban J connectivity index is 3.97. The van der Waals surface area contributed by atoms with Crippen molar-refractivity contribution in [3.8, 4) is 0 Å². The maximum atomic E-state index is 12.9. The number of hydrogen-bond donors (Lipinski definition) is 0. The lowest BCUT2D eigenvalue weighted by atomic mass is 10.0. The summed E-state index contributed by atoms with van der Waals surface area (Å²) >= 11 is 0. The van der Waals surface area contributed by atoms with Crippen LogP contribution < -0.4 is 0 Å². The summed E-state index contributed by atoms with van der Waals surface area (Å²) in [6, 6.07) is 0. The van der Waals surface area contributed by atoms with Gasteiger partial charge in [0.1, 0.15) is 13.2 Å². The quantitative estimate of drug-likeness (QED) is 0.0261. The number of esters is 3. The Morgan fingerprint density at radius 1 is 0.256 bits per heavy atom. The first-order chi connectivity index (χ1) is 38.5. The van der Waals surface area contributed by atoms with E-state index in [1.165, 1.54) is 283 Å². The van der Waals surface area contributed by atoms with Crippen LogP contribution in [0.2, 0.25) is 0 Å². The van der Waals surface area contributed by atoms with E-state index in [9.17, 15) is 14.4 Å². The molecule has 0 aliphatic heterocycles. The first-order valence-corrected chi connectivity index (χ1v) is 35.0. The van der Waals surface area contributed by atoms with E-state index in [1.54, 1.807) is 0 Å². The zero-order valence-electron chi connectivity index (χ0n) is 52.7. The molecule has 1 atom stereocenters. The Labute approximate surface area is 486 Å². The summed E-state index contributed by atoms with van der Waals surface area (Å²) in [7, 11) is 0. The van der Waals surface area contributed by atoms with Gasteiger partial charge in [0.15, 0.2) is 6.10 Å². The van der Waals surface area contributed by atoms with E-state index < -0.39 is 6.10 Å². The van der Waals surface area contributed by atoms with Crippen LogP contribution in [0.25, 0.3) is 0 Å². The van der Waals surface area contributed by atoms with Gasteiger partial charge in [-0.25, -0.2) is 0 Å². The third-order valence-corrected chi connectivity index (χ3v) is 15.9. The first kappa shape index (κ1) is 75.6. The highest BCUT2D eigenvalue weighted by Gasteiger charge is 2.19. The van der Waals surface area contributed by atoms with Crippen molar-refractivity contribution in [2.45, 2.75) is 393 Å². The molecule has 0 N–H and O–H groups in total. The van der Waals surface area contributed by atoms with E-state index in [0.29, 0.717) is 19.3 Å². The predicted molar refractivity (Wildman–Crippen MR) is 339 cm³/mol. The largest absolute Gasteiger partial charge is 0.462 e. The molecule has 0 spiro atoms. The van der Waals surface area contributed by atoms with Gasteiger partial charge in [0.25, 0.3) is 0 Å². The number of unbranched alkanes of at least 4 members (excludes halogenated alkanes) is 48. The molecule has 0 aliphatic carbocycles. The minimum atomic E-state index is -0.767. The molecule has 0 saturated heterocycles. The molecule has 0 aromatic heterocycles. The molecule has 0 saturated carbocycles. The minimum Gasteiger partial charge on any atom is -0.462 e. The second-order valence-electron chi connectivity index (χ2n) is 23.8. The van der Waals surface area contributed by atoms with Crippen LogP contribution in [0, 0.1) is 0 Å². The molecule has 0 bridgehead atoms. The average molecular weight is 1100 g/mol. The monoisotopic (exact) mass is 1100 g/mol. The molecule has 6 heteroatoms. The molecule has 0 aliphatic rings. The van der Waals surface area contributed by atoms with E-state index in [-0.39, 0.29) is 31.1 Å². The molecule has 0 radical (unpaired) electrons. The standard InChI is InChI=1S/C72H134O6/c1-4-7-10-13-16-18-20-22-24-26-28-30-32-33-34-35-36-37-38-39-41-42-44-46-48-50-52-54-56-59-62-65-71(74)77-68-69(67-76-70(73)64-61-58-15-12-9-6-3)78-72(75)66-63-60-57-55-53-51-49-47-45-43-40-31-29-27-25-23-21-19-17-14-11-8-5-2/h20,22,26-29,69H,4-19,21,23-25,30-68H2,1-3H3/b22-20-,28-26-,29-27-. The molecule has 78 heavy (non-hydrogen) atoms. The van der Waals surface area contributed by atoms with Crippen molar-refractivity contribution >= 4 is 17.9 Å². The maximum absolute atomic E-state index is 12.9. The normalized spacial score (nSPS) is 12.2. The van der Waals surface area contributed by atoms with Crippen LogP contribution in [0.1, 0.15) is 387 Å². The van der Waals surface area contributed by atoms with Crippen LogP contribution >= 0.6 is 0 Å². The molecular weight excluding hydrogens is 961 g/mol. The molecular formula is C72H134O6. The fraction of sp³-hybridized carbons (Fsp3) is 0.875. The summed E-state index contributed by atoms with van der Waals surface area (Å²) in [6.45, 7) is 6.63. The van der Waals surface area contributed by atoms with E-state index in [2.05, 4.69) is 57.2 Å². The van der Waals surface area contributed by atoms with Gasteiger partial charge in [-0.2, -0.15) is 0 Å². The fourth-order valence-electron chi connectivity index (χ4n) is 10.6. The zero-order chi connectivity index (χ0) is 56.4. The molecule has 0 aromatic rings. The van der Waals surface area contributed by atoms with Crippen LogP contribution in [0.15, 0.2) is 36.5 Å². The van der Waals surface area contributed by atoms with Crippen molar-refractivity contribution in [3.63, 3.8) is 0 Å². The molecule has 458 valence electrons. The SMILES string of the molecule is CCCCCCC/C=C\C/C=C\CCCCCCCCCCCCCCCCCCCCCC(=O)OCC(COC(=O)CCCCCCCC)OC(=O)CCCCCCCCCCCCC/C=C\CCCCCCCCCC. The minimum absolute atomic E-state index is 0.0673. The molecule has 0 amide bonds. The summed E-state index contributed by atoms with van der Waals surface area (Å²) in [4.78, 5) is 38.1. The fourth-order valence-corrected chi connectivity index (χ4v) is 10.6. The lowest BCUT2D eigenvalue weighted by Crippen LogP contribution is -2.30. The van der Waals surface area contributed by atoms with Crippen molar-refractivity contribution in [2.75, 3.05) is 13.2 Å². The number of rotatable bonds is 65. The van der Waals surface area contributed by atoms with Crippen LogP contribution in [0.3, 0.4) is 0 Å². The highest BCUT2D eigenvalue weighted by atomic mass is 16.6. The van der Waals surface area contributed by atoms with Crippen molar-refractivity contribution in [1.82, 2.24) is 0 Å². The van der Waals surface area contributed by atoms with Crippen LogP contribution in [0.4, 0.5) is 0 Å². The third-order valence-electron chi connectivity index (χ3n) is 15.9. The zero-order valence-corrected chi connectivity index (χ0v) is 52.7. The van der Waals surface area contributed by atoms with E-state index in [0.717, 1.165) is 64.2 Å². The smallest absolute Gasteiger partial charge is 0.306 e. The van der Waals surface area contributed by atoms with Crippen molar-refractivity contribution in [3.05, 3.63) is 36.5 Å². The number of carbonyl (C=O) groups excluding carboxylic acids is 3. The Hall–Kier alpha value is -2.37. The third kappa shape index (κ3) is 64.5. The number of ether oxygens (including phenoxy) is 3. The summed E-state index contributed by atoms with van der Waals surface area (Å²) in [6.07, 6.45) is 83.6. The topological polar surface area (TPSA) is 78.9 Å². The summed E-state index contributed by atoms with van der Waals surface area (Å²) in [5.74, 6) is -0.853. The Kier molecular flexibility index (Phi) is 65.1. The van der Waals surface area contributed by atoms with Gasteiger partial charge >= 0.3 is 17.9 Å². The number of carbonyl (C=O) groups is 3. The van der Waals surface area contributed by atoms with Crippen LogP contribution in [0.5, 0.6) is 0 Å². The maximum Gasteiger partial charge on any atom is 0.306 e. The Morgan fingerprint density at radius 2 is 0.462 bits per heavy atom. The highest BCUT2D eigenvalue weighted by Crippen LogP contribution is 2.18. The molecule has 6 nitrogen and oxygen atoms in total. The molecule has 0 aromatic carbocycles. The van der Waals surface area contributed by atoms with Gasteiger partial charge in [0.05, 0.1) is 0 Å². The van der Waals surface area contributed by atoms with Crippen LogP contribution in [-0.2, 0) is 28.6 Å². The summed E-state index contributed by atoms with van der Waals surface area (Å²) in [5, 5.41) is 0. The Bertz CT molecular complexity index is 1300. The lowest BCUT2D eigenvalue weighted by Gasteiger charge is -2.18. The van der Waals surface area contributed by atoms with E-state index in [1.807, 2.05) is 0 Å². The van der Waals surface area contributed by atoms with E-state index >= 15 is 0 Å². The predicted octanol–water partition coefficient (Wildman–Crippen LogP) is 23.9. The van der Waals surface area contributed by atoms with Gasteiger partial charge < -0.3 is 14.2 Å². The van der Waals surface area contributed by atoms with Gasteiger partial charge in [-0.05, 0) is 77.0 Å². The Morgan fingerprint density at radius 3 is 0.718 bits per heavy atom. The van der Waals surface area contributed by atoms with Crippen molar-refractivity contribution in [2.24, 2.45) is 0 Å². The number of hydrogen-bond acceptors (Lipinski definition) is 6. The van der Waals surface area contributed by atoms with Gasteiger partial charge in [-0.1, -0.05) is 327 Å². The molecule has 1 unspecified atom stereocenters. The molecule has 0 rings (SSSR count). The second-order valence-corrected chi connectivity index (χ2v) is 23.8. The summed E-state index contributed by atoms with van der Waals surface area (Å²) < 4.78 is 16.9. The van der Waals surface area contributed by atoms with Crippen molar-refractivity contribution in [1.29, 1.82) is 0 Å². The van der Waals surface area contributed by atoms with Crippen LogP contribution in [-0.4, -0.2) is 37.2 Å². The van der Waals surface area contributed by atoms with Gasteiger partial charge in [0.2, 0.25) is 0 Å². The molecule has 0 heterocycles. The van der Waals surface area contributed by atoms with Gasteiger partial charge in [-0.15, -0.1) is 0 Å². The van der Waals surface area contributed by atoms with Gasteiger partial charge in [0, 0.05) is 19.3 Å². The summed E-state index contributed by atoms with van der Waals surface area (Å²) in [5.41, 5.74) is 0. The van der Waals surface area contributed by atoms with Crippen molar-refractivity contribution < 1.29 is 28.6 Å². The lowest BCUT2D eigenvalue weighted by molar-refractivity contribution is -0.167. The average Bonchev–Trinajstić information content (AvgIpc) is 3.44. The second kappa shape index (κ2) is 67.1. The number of allylic oxidation sites excluding steroid dienone is 6. The molecule has 0 fully saturated rings. The first-order valence-electron chi connectivity index (χ1n) is 35.0. The van der Waals surface area contributed by atoms with E-state index in [4.69, 9.17) is 14.2 Å². The van der Waals surface area contributed by atoms with Gasteiger partial charge in [-0.3, -0.25) is 14.4 Å². The highest BCUT2D eigenvalue weighted by molar-refractivity contribution is 5.71.